The summed E-state index contributed by atoms with van der Waals surface area (Å²) < 4.78 is 45.7. The Hall–Kier alpha value is -2.63. The molecule has 0 spiro atoms. The van der Waals surface area contributed by atoms with Crippen molar-refractivity contribution in [2.75, 3.05) is 6.61 Å². The molecule has 38 heavy (non-hydrogen) atoms. The maximum Gasteiger partial charge on any atom is 0.514 e. The zero-order chi connectivity index (χ0) is 27.2. The minimum atomic E-state index is -0.988. The van der Waals surface area contributed by atoms with Gasteiger partial charge in [-0.1, -0.05) is 83.8 Å². The lowest BCUT2D eigenvalue weighted by molar-refractivity contribution is 0.0329. The summed E-state index contributed by atoms with van der Waals surface area (Å²) in [6.07, 6.45) is 14.7. The topological polar surface area (TPSA) is 44.8 Å². The maximum atomic E-state index is 14.8. The highest BCUT2D eigenvalue weighted by Gasteiger charge is 2.24. The van der Waals surface area contributed by atoms with E-state index in [0.717, 1.165) is 50.9 Å². The number of carbonyl (C=O) groups excluding carboxylic acids is 1. The first kappa shape index (κ1) is 29.9. The fourth-order valence-electron chi connectivity index (χ4n) is 5.11. The van der Waals surface area contributed by atoms with Crippen molar-refractivity contribution in [3.63, 3.8) is 0 Å². The highest BCUT2D eigenvalue weighted by Crippen LogP contribution is 2.32. The molecule has 210 valence electrons. The van der Waals surface area contributed by atoms with E-state index >= 15 is 0 Å². The van der Waals surface area contributed by atoms with Crippen LogP contribution < -0.4 is 9.47 Å². The summed E-state index contributed by atoms with van der Waals surface area (Å²) in [5.41, 5.74) is 0.602. The molecular weight excluding hydrogens is 486 g/mol. The van der Waals surface area contributed by atoms with Crippen molar-refractivity contribution in [3.05, 3.63) is 48.0 Å². The van der Waals surface area contributed by atoms with E-state index in [0.29, 0.717) is 17.9 Å². The average molecular weight is 531 g/mol. The molecule has 1 aliphatic carbocycles. The molecule has 4 nitrogen and oxygen atoms in total. The Bertz CT molecular complexity index is 968. The zero-order valence-corrected chi connectivity index (χ0v) is 23.1. The standard InChI is InChI=1S/C32H44F2O4/c1-3-5-7-8-9-11-23-36-29-22-21-28(30(33)31(29)34)25-15-19-27(20-16-25)38-32(35)37-26-17-13-24(14-18-26)12-10-6-4-2/h15-16,19-22,24,26H,3-14,17-18,23H2,1-2H3/t24-,26-. The van der Waals surface area contributed by atoms with Crippen LogP contribution in [0.1, 0.15) is 104 Å². The SMILES string of the molecule is CCCCCCCCOc1ccc(-c2ccc(OC(=O)O[C@H]3CC[C@H](CCCCC)CC3)cc2)c(F)c1F. The quantitative estimate of drug-likeness (QED) is 0.131. The van der Waals surface area contributed by atoms with E-state index < -0.39 is 17.8 Å². The van der Waals surface area contributed by atoms with Crippen LogP contribution in [0.15, 0.2) is 36.4 Å². The third-order valence-corrected chi connectivity index (χ3v) is 7.44. The third-order valence-electron chi connectivity index (χ3n) is 7.44. The van der Waals surface area contributed by atoms with Gasteiger partial charge in [0, 0.05) is 5.56 Å². The molecule has 0 heterocycles. The molecule has 1 saturated carbocycles. The number of halogens is 2. The van der Waals surface area contributed by atoms with Crippen LogP contribution in [-0.2, 0) is 4.74 Å². The highest BCUT2D eigenvalue weighted by atomic mass is 19.2. The van der Waals surface area contributed by atoms with Gasteiger partial charge in [-0.3, -0.25) is 0 Å². The van der Waals surface area contributed by atoms with Gasteiger partial charge in [0.05, 0.1) is 6.61 Å². The lowest BCUT2D eigenvalue weighted by atomic mass is 9.84. The van der Waals surface area contributed by atoms with Gasteiger partial charge in [-0.25, -0.2) is 9.18 Å². The zero-order valence-electron chi connectivity index (χ0n) is 23.1. The molecule has 0 bridgehead atoms. The van der Waals surface area contributed by atoms with Gasteiger partial charge in [0.25, 0.3) is 0 Å². The first-order chi connectivity index (χ1) is 18.5. The molecule has 0 N–H and O–H groups in total. The molecule has 0 saturated heterocycles. The molecule has 2 aromatic rings. The fraction of sp³-hybridized carbons (Fsp3) is 0.594. The molecule has 0 amide bonds. The molecular formula is C32H44F2O4. The van der Waals surface area contributed by atoms with Crippen LogP contribution in [0.2, 0.25) is 0 Å². The van der Waals surface area contributed by atoms with Gasteiger partial charge < -0.3 is 14.2 Å². The van der Waals surface area contributed by atoms with E-state index in [1.165, 1.54) is 57.1 Å². The highest BCUT2D eigenvalue weighted by molar-refractivity contribution is 5.68. The van der Waals surface area contributed by atoms with Crippen LogP contribution in [0.4, 0.5) is 13.6 Å². The van der Waals surface area contributed by atoms with Gasteiger partial charge in [-0.05, 0) is 67.9 Å². The van der Waals surface area contributed by atoms with E-state index in [2.05, 4.69) is 13.8 Å². The molecule has 0 unspecified atom stereocenters. The normalized spacial score (nSPS) is 17.3. The third kappa shape index (κ3) is 9.59. The maximum absolute atomic E-state index is 14.8. The average Bonchev–Trinajstić information content (AvgIpc) is 2.92. The first-order valence-corrected chi connectivity index (χ1v) is 14.6. The molecule has 1 aliphatic rings. The van der Waals surface area contributed by atoms with Crippen LogP contribution in [0.3, 0.4) is 0 Å². The molecule has 0 aromatic heterocycles. The monoisotopic (exact) mass is 530 g/mol. The van der Waals surface area contributed by atoms with Crippen LogP contribution in [0, 0.1) is 17.6 Å². The van der Waals surface area contributed by atoms with Crippen LogP contribution in [-0.4, -0.2) is 18.9 Å². The summed E-state index contributed by atoms with van der Waals surface area (Å²) in [5.74, 6) is -0.985. The Labute approximate surface area is 227 Å². The number of hydrogen-bond acceptors (Lipinski definition) is 4. The van der Waals surface area contributed by atoms with Gasteiger partial charge in [0.2, 0.25) is 5.82 Å². The van der Waals surface area contributed by atoms with Crippen molar-refractivity contribution in [1.29, 1.82) is 0 Å². The lowest BCUT2D eigenvalue weighted by Gasteiger charge is -2.27. The predicted molar refractivity (Wildman–Crippen MR) is 148 cm³/mol. The van der Waals surface area contributed by atoms with Crippen molar-refractivity contribution in [2.45, 2.75) is 110 Å². The van der Waals surface area contributed by atoms with Crippen LogP contribution in [0.25, 0.3) is 11.1 Å². The largest absolute Gasteiger partial charge is 0.514 e. The summed E-state index contributed by atoms with van der Waals surface area (Å²) in [6, 6.07) is 9.28. The number of carbonyl (C=O) groups is 1. The van der Waals surface area contributed by atoms with Crippen molar-refractivity contribution in [3.8, 4) is 22.6 Å². The summed E-state index contributed by atoms with van der Waals surface area (Å²) >= 11 is 0. The van der Waals surface area contributed by atoms with Crippen molar-refractivity contribution < 1.29 is 27.8 Å². The van der Waals surface area contributed by atoms with Gasteiger partial charge in [0.15, 0.2) is 11.6 Å². The van der Waals surface area contributed by atoms with E-state index in [1.54, 1.807) is 24.3 Å². The van der Waals surface area contributed by atoms with Crippen molar-refractivity contribution in [1.82, 2.24) is 0 Å². The minimum Gasteiger partial charge on any atom is -0.490 e. The Morgan fingerprint density at radius 2 is 1.45 bits per heavy atom. The summed E-state index contributed by atoms with van der Waals surface area (Å²) in [7, 11) is 0. The molecule has 1 fully saturated rings. The van der Waals surface area contributed by atoms with E-state index in [-0.39, 0.29) is 17.4 Å². The Balaban J connectivity index is 1.45. The molecule has 0 radical (unpaired) electrons. The smallest absolute Gasteiger partial charge is 0.490 e. The van der Waals surface area contributed by atoms with Crippen LogP contribution in [0.5, 0.6) is 11.5 Å². The second-order valence-electron chi connectivity index (χ2n) is 10.5. The number of hydrogen-bond donors (Lipinski definition) is 0. The summed E-state index contributed by atoms with van der Waals surface area (Å²) in [5, 5.41) is 0. The number of unbranched alkanes of at least 4 members (excludes halogenated alkanes) is 7. The summed E-state index contributed by atoms with van der Waals surface area (Å²) in [6.45, 7) is 4.75. The molecule has 3 rings (SSSR count). The second kappa shape index (κ2) is 16.4. The Kier molecular flexibility index (Phi) is 12.9. The van der Waals surface area contributed by atoms with Crippen LogP contribution >= 0.6 is 0 Å². The van der Waals surface area contributed by atoms with E-state index in [4.69, 9.17) is 14.2 Å². The Morgan fingerprint density at radius 1 is 0.789 bits per heavy atom. The lowest BCUT2D eigenvalue weighted by Crippen LogP contribution is -2.26. The van der Waals surface area contributed by atoms with E-state index in [1.807, 2.05) is 0 Å². The Morgan fingerprint density at radius 3 is 2.16 bits per heavy atom. The van der Waals surface area contributed by atoms with Gasteiger partial charge >= 0.3 is 6.16 Å². The van der Waals surface area contributed by atoms with Gasteiger partial charge in [0.1, 0.15) is 11.9 Å². The summed E-state index contributed by atoms with van der Waals surface area (Å²) in [4.78, 5) is 12.3. The second-order valence-corrected chi connectivity index (χ2v) is 10.5. The molecule has 0 aliphatic heterocycles. The van der Waals surface area contributed by atoms with Crippen molar-refractivity contribution >= 4 is 6.16 Å². The number of ether oxygens (including phenoxy) is 3. The van der Waals surface area contributed by atoms with E-state index in [9.17, 15) is 13.6 Å². The first-order valence-electron chi connectivity index (χ1n) is 14.6. The predicted octanol–water partition coefficient (Wildman–Crippen LogP) is 10.0. The molecule has 0 atom stereocenters. The van der Waals surface area contributed by atoms with Gasteiger partial charge in [-0.15, -0.1) is 0 Å². The number of rotatable bonds is 15. The van der Waals surface area contributed by atoms with Crippen molar-refractivity contribution in [2.24, 2.45) is 5.92 Å². The number of benzene rings is 2. The molecule has 6 heteroatoms. The fourth-order valence-corrected chi connectivity index (χ4v) is 5.11. The minimum absolute atomic E-state index is 0.0718. The molecule has 2 aromatic carbocycles. The van der Waals surface area contributed by atoms with Gasteiger partial charge in [-0.2, -0.15) is 4.39 Å².